The van der Waals surface area contributed by atoms with Crippen LogP contribution < -0.4 is 0 Å². The van der Waals surface area contributed by atoms with Gasteiger partial charge >= 0.3 is 10.4 Å². The zero-order valence-electron chi connectivity index (χ0n) is 13.5. The smallest absolute Gasteiger partial charge is 0.307 e. The molecule has 0 spiro atoms. The summed E-state index contributed by atoms with van der Waals surface area (Å²) in [5, 5.41) is 0. The van der Waals surface area contributed by atoms with Crippen molar-refractivity contribution >= 4 is 10.4 Å². The van der Waals surface area contributed by atoms with Gasteiger partial charge < -0.3 is 4.90 Å². The molecule has 0 saturated heterocycles. The molecule has 124 valence electrons. The second-order valence-corrected chi connectivity index (χ2v) is 6.42. The fourth-order valence-electron chi connectivity index (χ4n) is 1.83. The lowest BCUT2D eigenvalue weighted by Gasteiger charge is -2.19. The molecule has 1 atom stereocenters. The van der Waals surface area contributed by atoms with E-state index in [4.69, 9.17) is 17.5 Å². The van der Waals surface area contributed by atoms with Gasteiger partial charge in [0.1, 0.15) is 0 Å². The first kappa shape index (κ1) is 22.1. The van der Waals surface area contributed by atoms with Crippen molar-refractivity contribution in [2.75, 3.05) is 14.1 Å². The van der Waals surface area contributed by atoms with Gasteiger partial charge in [0.25, 0.3) is 0 Å². The van der Waals surface area contributed by atoms with Crippen LogP contribution in [0.1, 0.15) is 71.6 Å². The minimum atomic E-state index is -4.67. The molecular formula is C14H33NO4S. The van der Waals surface area contributed by atoms with Gasteiger partial charge in [-0.25, -0.2) is 0 Å². The predicted molar refractivity (Wildman–Crippen MR) is 84.6 cm³/mol. The van der Waals surface area contributed by atoms with Crippen LogP contribution in [0.5, 0.6) is 0 Å². The Kier molecular flexibility index (Phi) is 15.3. The highest BCUT2D eigenvalue weighted by atomic mass is 32.3. The van der Waals surface area contributed by atoms with E-state index in [1.54, 1.807) is 0 Å². The van der Waals surface area contributed by atoms with Crippen molar-refractivity contribution in [2.24, 2.45) is 0 Å². The zero-order valence-corrected chi connectivity index (χ0v) is 14.3. The molecule has 2 N–H and O–H groups in total. The monoisotopic (exact) mass is 311 g/mol. The summed E-state index contributed by atoms with van der Waals surface area (Å²) in [5.74, 6) is 0. The van der Waals surface area contributed by atoms with E-state index in [0.717, 1.165) is 6.04 Å². The minimum absolute atomic E-state index is 0.755. The third kappa shape index (κ3) is 26.4. The number of nitrogens with zero attached hydrogens (tertiary/aromatic N) is 1. The number of rotatable bonds is 10. The SMILES string of the molecule is CCCCCCCCCCC(C)N(C)C.O=S(=O)(O)O. The Hall–Kier alpha value is -0.170. The van der Waals surface area contributed by atoms with Crippen LogP contribution in [0.25, 0.3) is 0 Å². The minimum Gasteiger partial charge on any atom is -0.307 e. The van der Waals surface area contributed by atoms with Crippen LogP contribution >= 0.6 is 0 Å². The van der Waals surface area contributed by atoms with E-state index >= 15 is 0 Å². The van der Waals surface area contributed by atoms with Gasteiger partial charge in [-0.3, -0.25) is 9.11 Å². The highest BCUT2D eigenvalue weighted by Gasteiger charge is 2.02. The summed E-state index contributed by atoms with van der Waals surface area (Å²) in [6.45, 7) is 4.60. The first-order valence-corrected chi connectivity index (χ1v) is 8.94. The van der Waals surface area contributed by atoms with Crippen molar-refractivity contribution < 1.29 is 17.5 Å². The van der Waals surface area contributed by atoms with Gasteiger partial charge in [-0.15, -0.1) is 0 Å². The molecule has 6 heteroatoms. The molecule has 20 heavy (non-hydrogen) atoms. The summed E-state index contributed by atoms with van der Waals surface area (Å²) in [6.07, 6.45) is 12.8. The van der Waals surface area contributed by atoms with Gasteiger partial charge in [0.05, 0.1) is 0 Å². The number of hydrogen-bond acceptors (Lipinski definition) is 3. The Labute approximate surface area is 125 Å². The van der Waals surface area contributed by atoms with Gasteiger partial charge in [0.15, 0.2) is 0 Å². The molecule has 0 saturated carbocycles. The van der Waals surface area contributed by atoms with Crippen molar-refractivity contribution in [1.82, 2.24) is 4.90 Å². The molecule has 5 nitrogen and oxygen atoms in total. The second-order valence-electron chi connectivity index (χ2n) is 5.52. The Morgan fingerprint density at radius 1 is 0.900 bits per heavy atom. The molecule has 0 aliphatic rings. The Morgan fingerprint density at radius 3 is 1.60 bits per heavy atom. The predicted octanol–water partition coefficient (Wildman–Crippen LogP) is 3.81. The summed E-state index contributed by atoms with van der Waals surface area (Å²) >= 11 is 0. The molecule has 0 bridgehead atoms. The summed E-state index contributed by atoms with van der Waals surface area (Å²) in [4.78, 5) is 2.32. The molecule has 0 aromatic rings. The van der Waals surface area contributed by atoms with Gasteiger partial charge in [0.2, 0.25) is 0 Å². The standard InChI is InChI=1S/C14H31N.H2O4S/c1-5-6-7-8-9-10-11-12-13-14(2)15(3)4;1-5(2,3)4/h14H,5-13H2,1-4H3;(H2,1,2,3,4). The summed E-state index contributed by atoms with van der Waals surface area (Å²) < 4.78 is 31.6. The zero-order chi connectivity index (χ0) is 16.0. The molecule has 0 amide bonds. The van der Waals surface area contributed by atoms with Crippen LogP contribution in [0.2, 0.25) is 0 Å². The van der Waals surface area contributed by atoms with Gasteiger partial charge in [-0.2, -0.15) is 8.42 Å². The van der Waals surface area contributed by atoms with Crippen molar-refractivity contribution in [3.05, 3.63) is 0 Å². The average molecular weight is 311 g/mol. The molecule has 0 aromatic carbocycles. The van der Waals surface area contributed by atoms with E-state index in [0.29, 0.717) is 0 Å². The van der Waals surface area contributed by atoms with E-state index < -0.39 is 10.4 Å². The van der Waals surface area contributed by atoms with E-state index in [-0.39, 0.29) is 0 Å². The molecule has 0 radical (unpaired) electrons. The first-order valence-electron chi connectivity index (χ1n) is 7.54. The maximum absolute atomic E-state index is 8.74. The maximum Gasteiger partial charge on any atom is 0.394 e. The lowest BCUT2D eigenvalue weighted by atomic mass is 10.1. The molecule has 0 rings (SSSR count). The highest BCUT2D eigenvalue weighted by Crippen LogP contribution is 2.11. The third-order valence-electron chi connectivity index (χ3n) is 3.36. The second kappa shape index (κ2) is 13.8. The largest absolute Gasteiger partial charge is 0.394 e. The average Bonchev–Trinajstić information content (AvgIpc) is 2.30. The van der Waals surface area contributed by atoms with Crippen LogP contribution in [-0.2, 0) is 10.4 Å². The quantitative estimate of drug-likeness (QED) is 0.474. The van der Waals surface area contributed by atoms with Gasteiger partial charge in [-0.05, 0) is 27.4 Å². The van der Waals surface area contributed by atoms with Gasteiger partial charge in [0, 0.05) is 6.04 Å². The van der Waals surface area contributed by atoms with Gasteiger partial charge in [-0.1, -0.05) is 58.3 Å². The normalized spacial score (nSPS) is 12.9. The maximum atomic E-state index is 8.74. The summed E-state index contributed by atoms with van der Waals surface area (Å²) in [7, 11) is -0.315. The van der Waals surface area contributed by atoms with Crippen LogP contribution in [0.3, 0.4) is 0 Å². The molecule has 0 fully saturated rings. The summed E-state index contributed by atoms with van der Waals surface area (Å²) in [5.41, 5.74) is 0. The third-order valence-corrected chi connectivity index (χ3v) is 3.36. The molecule has 1 unspecified atom stereocenters. The topological polar surface area (TPSA) is 77.8 Å². The van der Waals surface area contributed by atoms with E-state index in [1.165, 1.54) is 57.8 Å². The molecule has 0 aliphatic heterocycles. The molecule has 0 aromatic heterocycles. The van der Waals surface area contributed by atoms with Crippen molar-refractivity contribution in [3.63, 3.8) is 0 Å². The van der Waals surface area contributed by atoms with Crippen molar-refractivity contribution in [2.45, 2.75) is 77.7 Å². The number of hydrogen-bond donors (Lipinski definition) is 2. The van der Waals surface area contributed by atoms with E-state index in [2.05, 4.69) is 32.8 Å². The molecule has 0 aliphatic carbocycles. The number of unbranched alkanes of at least 4 members (excludes halogenated alkanes) is 7. The Balaban J connectivity index is 0. The first-order chi connectivity index (χ1) is 9.18. The fourth-order valence-corrected chi connectivity index (χ4v) is 1.83. The summed E-state index contributed by atoms with van der Waals surface area (Å²) in [6, 6.07) is 0.755. The fraction of sp³-hybridized carbons (Fsp3) is 1.00. The molecule has 0 heterocycles. The van der Waals surface area contributed by atoms with E-state index in [9.17, 15) is 0 Å². The lowest BCUT2D eigenvalue weighted by Crippen LogP contribution is -2.24. The van der Waals surface area contributed by atoms with Crippen LogP contribution in [0.15, 0.2) is 0 Å². The van der Waals surface area contributed by atoms with Crippen LogP contribution in [-0.4, -0.2) is 42.6 Å². The Bertz CT molecular complexity index is 284. The van der Waals surface area contributed by atoms with Crippen LogP contribution in [0.4, 0.5) is 0 Å². The Morgan fingerprint density at radius 2 is 1.25 bits per heavy atom. The highest BCUT2D eigenvalue weighted by molar-refractivity contribution is 7.79. The van der Waals surface area contributed by atoms with E-state index in [1.807, 2.05) is 0 Å². The van der Waals surface area contributed by atoms with Crippen molar-refractivity contribution in [3.8, 4) is 0 Å². The molecular weight excluding hydrogens is 278 g/mol. The lowest BCUT2D eigenvalue weighted by molar-refractivity contribution is 0.291. The van der Waals surface area contributed by atoms with Crippen molar-refractivity contribution in [1.29, 1.82) is 0 Å². The van der Waals surface area contributed by atoms with Crippen LogP contribution in [0, 0.1) is 0 Å².